The molecule has 0 aliphatic rings. The number of nitrogens with zero attached hydrogens (tertiary/aromatic N) is 3. The first-order chi connectivity index (χ1) is 8.69. The molecule has 0 amide bonds. The zero-order valence-corrected chi connectivity index (χ0v) is 10.8. The van der Waals surface area contributed by atoms with Crippen LogP contribution >= 0.6 is 11.3 Å². The Morgan fingerprint density at radius 1 is 1.56 bits per heavy atom. The van der Waals surface area contributed by atoms with Gasteiger partial charge in [0, 0.05) is 25.3 Å². The number of hydrogen-bond acceptors (Lipinski definition) is 8. The number of rotatable bonds is 5. The van der Waals surface area contributed by atoms with Gasteiger partial charge in [0.15, 0.2) is 16.6 Å². The number of ether oxygens (including phenoxy) is 1. The average molecular weight is 268 g/mol. The number of aromatic nitrogens is 3. The van der Waals surface area contributed by atoms with Gasteiger partial charge in [0.2, 0.25) is 5.89 Å². The molecule has 0 saturated carbocycles. The van der Waals surface area contributed by atoms with E-state index in [2.05, 4.69) is 25.2 Å². The summed E-state index contributed by atoms with van der Waals surface area (Å²) < 4.78 is 9.43. The van der Waals surface area contributed by atoms with Crippen molar-refractivity contribution >= 4 is 22.4 Å². The maximum absolute atomic E-state index is 11.2. The molecular weight excluding hydrogens is 256 g/mol. The second-order valence-corrected chi connectivity index (χ2v) is 4.29. The van der Waals surface area contributed by atoms with Gasteiger partial charge in [0.1, 0.15) is 0 Å². The number of methoxy groups -OCH3 is 1. The van der Waals surface area contributed by atoms with Crippen molar-refractivity contribution in [3.63, 3.8) is 0 Å². The Kier molecular flexibility index (Phi) is 3.88. The lowest BCUT2D eigenvalue weighted by molar-refractivity contribution is 0.0595. The second-order valence-electron chi connectivity index (χ2n) is 3.44. The van der Waals surface area contributed by atoms with Gasteiger partial charge in [0.25, 0.3) is 0 Å². The predicted octanol–water partition coefficient (Wildman–Crippen LogP) is 1.28. The molecule has 2 rings (SSSR count). The van der Waals surface area contributed by atoms with E-state index in [0.717, 1.165) is 0 Å². The van der Waals surface area contributed by atoms with E-state index in [1.165, 1.54) is 18.4 Å². The van der Waals surface area contributed by atoms with Gasteiger partial charge in [-0.25, -0.2) is 9.78 Å². The van der Waals surface area contributed by atoms with E-state index in [4.69, 9.17) is 4.52 Å². The number of aryl methyl sites for hydroxylation is 1. The molecule has 0 unspecified atom stereocenters. The highest BCUT2D eigenvalue weighted by atomic mass is 32.1. The Hall–Kier alpha value is -1.96. The van der Waals surface area contributed by atoms with Crippen molar-refractivity contribution in [2.45, 2.75) is 13.3 Å². The minimum absolute atomic E-state index is 0.306. The molecule has 2 aromatic heterocycles. The summed E-state index contributed by atoms with van der Waals surface area (Å²) >= 11 is 1.35. The van der Waals surface area contributed by atoms with Crippen LogP contribution in [0.2, 0.25) is 0 Å². The normalized spacial score (nSPS) is 10.3. The molecule has 0 bridgehead atoms. The predicted molar refractivity (Wildman–Crippen MR) is 64.7 cm³/mol. The number of carbonyl (C=O) groups excluding carboxylic acids is 1. The van der Waals surface area contributed by atoms with Crippen LogP contribution in [0.1, 0.15) is 22.2 Å². The number of anilines is 1. The fourth-order valence-electron chi connectivity index (χ4n) is 1.28. The fraction of sp³-hybridized carbons (Fsp3) is 0.400. The van der Waals surface area contributed by atoms with Crippen LogP contribution in [0, 0.1) is 6.92 Å². The van der Waals surface area contributed by atoms with E-state index < -0.39 is 5.97 Å². The minimum atomic E-state index is -0.437. The minimum Gasteiger partial charge on any atom is -0.464 e. The van der Waals surface area contributed by atoms with Crippen molar-refractivity contribution in [2.75, 3.05) is 19.0 Å². The van der Waals surface area contributed by atoms with Crippen molar-refractivity contribution in [2.24, 2.45) is 0 Å². The first-order valence-corrected chi connectivity index (χ1v) is 6.14. The molecule has 18 heavy (non-hydrogen) atoms. The first kappa shape index (κ1) is 12.5. The summed E-state index contributed by atoms with van der Waals surface area (Å²) in [5, 5.41) is 9.16. The average Bonchev–Trinajstić information content (AvgIpc) is 2.98. The number of nitrogens with one attached hydrogen (secondary N) is 1. The summed E-state index contributed by atoms with van der Waals surface area (Å²) in [6.07, 6.45) is 0.629. The van der Waals surface area contributed by atoms with Gasteiger partial charge in [-0.05, 0) is 0 Å². The standard InChI is InChI=1S/C10H12N4O3S/c1-6-12-8(14-17-6)3-4-11-10-13-7(5-18-10)9(15)16-2/h5H,3-4H2,1-2H3,(H,11,13). The highest BCUT2D eigenvalue weighted by Gasteiger charge is 2.10. The Balaban J connectivity index is 1.83. The number of hydrogen-bond donors (Lipinski definition) is 1. The third-order valence-corrected chi connectivity index (χ3v) is 2.89. The third-order valence-electron chi connectivity index (χ3n) is 2.09. The highest BCUT2D eigenvalue weighted by molar-refractivity contribution is 7.13. The van der Waals surface area contributed by atoms with Crippen LogP contribution in [-0.2, 0) is 11.2 Å². The van der Waals surface area contributed by atoms with Crippen LogP contribution in [0.3, 0.4) is 0 Å². The van der Waals surface area contributed by atoms with Crippen molar-refractivity contribution in [1.29, 1.82) is 0 Å². The smallest absolute Gasteiger partial charge is 0.357 e. The number of esters is 1. The van der Waals surface area contributed by atoms with Crippen LogP contribution < -0.4 is 5.32 Å². The Bertz CT molecular complexity index is 537. The van der Waals surface area contributed by atoms with Gasteiger partial charge >= 0.3 is 5.97 Å². The molecule has 0 atom stereocenters. The molecule has 0 spiro atoms. The van der Waals surface area contributed by atoms with E-state index in [0.29, 0.717) is 35.5 Å². The maximum atomic E-state index is 11.2. The zero-order valence-electron chi connectivity index (χ0n) is 9.97. The molecule has 0 aliphatic carbocycles. The summed E-state index contributed by atoms with van der Waals surface area (Å²) in [6.45, 7) is 2.36. The number of thiazole rings is 1. The molecule has 7 nitrogen and oxygen atoms in total. The van der Waals surface area contributed by atoms with Crippen LogP contribution in [0.15, 0.2) is 9.90 Å². The lowest BCUT2D eigenvalue weighted by Gasteiger charge is -1.98. The Labute approximate surface area is 107 Å². The van der Waals surface area contributed by atoms with Crippen molar-refractivity contribution in [3.8, 4) is 0 Å². The molecule has 0 fully saturated rings. The Morgan fingerprint density at radius 3 is 3.06 bits per heavy atom. The summed E-state index contributed by atoms with van der Waals surface area (Å²) in [5.74, 6) is 0.755. The molecule has 8 heteroatoms. The van der Waals surface area contributed by atoms with Crippen molar-refractivity contribution in [1.82, 2.24) is 15.1 Å². The molecule has 1 N–H and O–H groups in total. The summed E-state index contributed by atoms with van der Waals surface area (Å²) in [5.41, 5.74) is 0.306. The fourth-order valence-corrected chi connectivity index (χ4v) is 1.99. The molecule has 0 saturated heterocycles. The largest absolute Gasteiger partial charge is 0.464 e. The molecule has 2 heterocycles. The lowest BCUT2D eigenvalue weighted by Crippen LogP contribution is -2.07. The molecule has 0 radical (unpaired) electrons. The lowest BCUT2D eigenvalue weighted by atomic mass is 10.4. The molecule has 0 aromatic carbocycles. The van der Waals surface area contributed by atoms with E-state index in [1.54, 1.807) is 12.3 Å². The van der Waals surface area contributed by atoms with E-state index in [1.807, 2.05) is 0 Å². The molecule has 96 valence electrons. The number of carbonyl (C=O) groups is 1. The quantitative estimate of drug-likeness (QED) is 0.817. The van der Waals surface area contributed by atoms with Gasteiger partial charge in [0.05, 0.1) is 7.11 Å². The van der Waals surface area contributed by atoms with Crippen LogP contribution in [-0.4, -0.2) is 34.7 Å². The summed E-state index contributed by atoms with van der Waals surface area (Å²) in [6, 6.07) is 0. The first-order valence-electron chi connectivity index (χ1n) is 5.26. The van der Waals surface area contributed by atoms with Crippen molar-refractivity contribution < 1.29 is 14.1 Å². The van der Waals surface area contributed by atoms with Gasteiger partial charge in [-0.15, -0.1) is 11.3 Å². The van der Waals surface area contributed by atoms with Crippen molar-refractivity contribution in [3.05, 3.63) is 22.8 Å². The zero-order chi connectivity index (χ0) is 13.0. The van der Waals surface area contributed by atoms with Crippen LogP contribution in [0.5, 0.6) is 0 Å². The third kappa shape index (κ3) is 3.04. The Morgan fingerprint density at radius 2 is 2.39 bits per heavy atom. The second kappa shape index (κ2) is 5.58. The summed E-state index contributed by atoms with van der Waals surface area (Å²) in [4.78, 5) is 19.4. The SMILES string of the molecule is COC(=O)c1csc(NCCc2noc(C)n2)n1. The van der Waals surface area contributed by atoms with Crippen LogP contribution in [0.25, 0.3) is 0 Å². The molecule has 2 aromatic rings. The molecule has 0 aliphatic heterocycles. The monoisotopic (exact) mass is 268 g/mol. The van der Waals surface area contributed by atoms with Gasteiger partial charge < -0.3 is 14.6 Å². The van der Waals surface area contributed by atoms with E-state index in [9.17, 15) is 4.79 Å². The van der Waals surface area contributed by atoms with Gasteiger partial charge in [-0.2, -0.15) is 4.98 Å². The highest BCUT2D eigenvalue weighted by Crippen LogP contribution is 2.15. The van der Waals surface area contributed by atoms with Gasteiger partial charge in [-0.1, -0.05) is 5.16 Å². The van der Waals surface area contributed by atoms with E-state index >= 15 is 0 Å². The maximum Gasteiger partial charge on any atom is 0.357 e. The topological polar surface area (TPSA) is 90.1 Å². The van der Waals surface area contributed by atoms with E-state index in [-0.39, 0.29) is 0 Å². The summed E-state index contributed by atoms with van der Waals surface area (Å²) in [7, 11) is 1.33. The molecular formula is C10H12N4O3S. The van der Waals surface area contributed by atoms with Gasteiger partial charge in [-0.3, -0.25) is 0 Å². The van der Waals surface area contributed by atoms with Crippen LogP contribution in [0.4, 0.5) is 5.13 Å².